The van der Waals surface area contributed by atoms with Crippen molar-refractivity contribution in [3.05, 3.63) is 54.7 Å². The predicted molar refractivity (Wildman–Crippen MR) is 107 cm³/mol. The van der Waals surface area contributed by atoms with Crippen LogP contribution in [0.2, 0.25) is 0 Å². The van der Waals surface area contributed by atoms with Gasteiger partial charge in [-0.2, -0.15) is 4.79 Å². The third kappa shape index (κ3) is 2.41. The van der Waals surface area contributed by atoms with Crippen LogP contribution in [0, 0.1) is 0 Å². The summed E-state index contributed by atoms with van der Waals surface area (Å²) >= 11 is 0. The number of rotatable bonds is 3. The number of amides is 2. The summed E-state index contributed by atoms with van der Waals surface area (Å²) in [5, 5.41) is 23.4. The summed E-state index contributed by atoms with van der Waals surface area (Å²) in [6.45, 7) is 0. The molecular formula is C19H12N5O3S+. The Morgan fingerprint density at radius 1 is 0.964 bits per heavy atom. The van der Waals surface area contributed by atoms with Crippen LogP contribution in [-0.2, 0) is 0 Å². The van der Waals surface area contributed by atoms with Crippen LogP contribution in [-0.4, -0.2) is 31.6 Å². The molecule has 8 nitrogen and oxygen atoms in total. The lowest BCUT2D eigenvalue weighted by atomic mass is 10.1. The lowest BCUT2D eigenvalue weighted by Crippen LogP contribution is -2.23. The normalized spacial score (nSPS) is 13.1. The van der Waals surface area contributed by atoms with Crippen LogP contribution < -0.4 is 10.6 Å². The van der Waals surface area contributed by atoms with Crippen LogP contribution in [0.3, 0.4) is 0 Å². The van der Waals surface area contributed by atoms with Gasteiger partial charge in [-0.1, -0.05) is 30.3 Å². The SMILES string of the molecule is O=C1Nc2ccnc3c2c(c(-c2ccc(-c4ccccc4)nn2)[s+]3C(=O)O)N1. The molecule has 0 aliphatic carbocycles. The van der Waals surface area contributed by atoms with E-state index in [0.717, 1.165) is 5.56 Å². The first-order valence-electron chi connectivity index (χ1n) is 8.32. The summed E-state index contributed by atoms with van der Waals surface area (Å²) in [5.41, 5.74) is 2.94. The van der Waals surface area contributed by atoms with Crippen molar-refractivity contribution in [2.45, 2.75) is 0 Å². The molecule has 0 saturated carbocycles. The van der Waals surface area contributed by atoms with Crippen LogP contribution in [0.15, 0.2) is 54.7 Å². The Hall–Kier alpha value is -3.85. The molecule has 3 N–H and O–H groups in total. The zero-order valence-corrected chi connectivity index (χ0v) is 15.0. The fourth-order valence-electron chi connectivity index (χ4n) is 3.26. The van der Waals surface area contributed by atoms with Gasteiger partial charge in [-0.3, -0.25) is 0 Å². The lowest BCUT2D eigenvalue weighted by Gasteiger charge is -2.13. The van der Waals surface area contributed by atoms with Gasteiger partial charge in [-0.15, -0.1) is 10.2 Å². The highest BCUT2D eigenvalue weighted by Gasteiger charge is 2.40. The van der Waals surface area contributed by atoms with Crippen LogP contribution in [0.25, 0.3) is 32.0 Å². The first-order chi connectivity index (χ1) is 13.6. The minimum atomic E-state index is -1.38. The highest BCUT2D eigenvalue weighted by molar-refractivity contribution is 7.57. The molecule has 1 aliphatic rings. The number of thiophene rings is 1. The summed E-state index contributed by atoms with van der Waals surface area (Å²) in [6, 6.07) is 14.3. The average Bonchev–Trinajstić information content (AvgIpc) is 3.04. The van der Waals surface area contributed by atoms with Gasteiger partial charge in [0.05, 0.1) is 11.4 Å². The zero-order valence-electron chi connectivity index (χ0n) is 14.2. The van der Waals surface area contributed by atoms with E-state index in [2.05, 4.69) is 25.8 Å². The quantitative estimate of drug-likeness (QED) is 0.440. The lowest BCUT2D eigenvalue weighted by molar-refractivity contribution is 0.221. The Labute approximate surface area is 160 Å². The number of benzene rings is 1. The number of aromatic nitrogens is 3. The van der Waals surface area contributed by atoms with E-state index in [9.17, 15) is 14.7 Å². The fourth-order valence-corrected chi connectivity index (χ4v) is 5.05. The number of hydrogen-bond donors (Lipinski definition) is 3. The molecule has 28 heavy (non-hydrogen) atoms. The standard InChI is InChI=1S/C19H11N5O3S/c25-18-21-12-8-9-20-17-14(12)15(22-18)16(28(17)19(26)27)13-7-6-11(23-24-13)10-4-2-1-3-5-10/h1-9H,(H2-,20,21,22,24,25,26,27)/p+1. The number of nitrogens with zero attached hydrogens (tertiary/aromatic N) is 3. The molecule has 0 fully saturated rings. The van der Waals surface area contributed by atoms with Crippen molar-refractivity contribution in [3.8, 4) is 21.8 Å². The topological polar surface area (TPSA) is 117 Å². The van der Waals surface area contributed by atoms with Crippen molar-refractivity contribution in [2.75, 3.05) is 10.6 Å². The second-order valence-electron chi connectivity index (χ2n) is 6.06. The van der Waals surface area contributed by atoms with Crippen molar-refractivity contribution in [1.82, 2.24) is 15.2 Å². The number of carboxylic acid groups (broad SMARTS) is 1. The molecule has 136 valence electrons. The van der Waals surface area contributed by atoms with Crippen LogP contribution >= 0.6 is 10.5 Å². The molecule has 1 aliphatic heterocycles. The largest absolute Gasteiger partial charge is 0.554 e. The number of hydrogen-bond acceptors (Lipinski definition) is 5. The third-order valence-corrected chi connectivity index (χ3v) is 6.29. The molecule has 1 aromatic carbocycles. The smallest absolute Gasteiger partial charge is 0.437 e. The summed E-state index contributed by atoms with van der Waals surface area (Å²) < 4.78 is 0. The molecule has 5 rings (SSSR count). The van der Waals surface area contributed by atoms with Crippen molar-refractivity contribution in [2.24, 2.45) is 0 Å². The maximum Gasteiger partial charge on any atom is 0.554 e. The first kappa shape index (κ1) is 16.3. The Bertz CT molecular complexity index is 1250. The molecule has 2 amide bonds. The zero-order chi connectivity index (χ0) is 19.3. The maximum atomic E-state index is 12.1. The molecule has 0 spiro atoms. The number of urea groups is 1. The van der Waals surface area contributed by atoms with Gasteiger partial charge in [0.15, 0.2) is 0 Å². The second-order valence-corrected chi connectivity index (χ2v) is 7.82. The fraction of sp³-hybridized carbons (Fsp3) is 0. The monoisotopic (exact) mass is 390 g/mol. The number of carbonyl (C=O) groups is 2. The van der Waals surface area contributed by atoms with Gasteiger partial charge in [0.25, 0.3) is 4.83 Å². The summed E-state index contributed by atoms with van der Waals surface area (Å²) in [7, 11) is -1.38. The maximum absolute atomic E-state index is 12.1. The van der Waals surface area contributed by atoms with Gasteiger partial charge in [0.1, 0.15) is 27.2 Å². The minimum absolute atomic E-state index is 0.395. The van der Waals surface area contributed by atoms with E-state index in [0.29, 0.717) is 37.9 Å². The summed E-state index contributed by atoms with van der Waals surface area (Å²) in [5.74, 6) is 0. The van der Waals surface area contributed by atoms with Gasteiger partial charge in [0.2, 0.25) is 4.88 Å². The molecular weight excluding hydrogens is 378 g/mol. The van der Waals surface area contributed by atoms with E-state index in [1.807, 2.05) is 30.3 Å². The van der Waals surface area contributed by atoms with Gasteiger partial charge in [-0.25, -0.2) is 9.78 Å². The second kappa shape index (κ2) is 6.10. The van der Waals surface area contributed by atoms with Gasteiger partial charge < -0.3 is 15.7 Å². The molecule has 4 heterocycles. The minimum Gasteiger partial charge on any atom is -0.437 e. The van der Waals surface area contributed by atoms with E-state index < -0.39 is 21.8 Å². The third-order valence-electron chi connectivity index (χ3n) is 4.42. The number of nitrogens with one attached hydrogen (secondary N) is 2. The molecule has 3 aromatic heterocycles. The molecule has 0 radical (unpaired) electrons. The summed E-state index contributed by atoms with van der Waals surface area (Å²) in [4.78, 5) is 29.2. The number of anilines is 2. The summed E-state index contributed by atoms with van der Waals surface area (Å²) in [6.07, 6.45) is 1.49. The predicted octanol–water partition coefficient (Wildman–Crippen LogP) is 4.59. The van der Waals surface area contributed by atoms with E-state index in [4.69, 9.17) is 0 Å². The Balaban J connectivity index is 1.74. The van der Waals surface area contributed by atoms with Crippen LogP contribution in [0.1, 0.15) is 0 Å². The highest BCUT2D eigenvalue weighted by atomic mass is 32.2. The number of pyridine rings is 1. The van der Waals surface area contributed by atoms with Crippen molar-refractivity contribution in [3.63, 3.8) is 0 Å². The van der Waals surface area contributed by atoms with Crippen LogP contribution in [0.4, 0.5) is 21.0 Å². The van der Waals surface area contributed by atoms with Gasteiger partial charge >= 0.3 is 11.3 Å². The van der Waals surface area contributed by atoms with Crippen molar-refractivity contribution in [1.29, 1.82) is 0 Å². The first-order valence-corrected chi connectivity index (χ1v) is 9.54. The Morgan fingerprint density at radius 2 is 1.71 bits per heavy atom. The van der Waals surface area contributed by atoms with Crippen molar-refractivity contribution < 1.29 is 14.7 Å². The van der Waals surface area contributed by atoms with Crippen molar-refractivity contribution >= 4 is 43.4 Å². The Kier molecular flexibility index (Phi) is 3.56. The number of carbonyl (C=O) groups excluding carboxylic acids is 1. The average molecular weight is 390 g/mol. The molecule has 0 bridgehead atoms. The van der Waals surface area contributed by atoms with Gasteiger partial charge in [-0.05, 0) is 18.2 Å². The van der Waals surface area contributed by atoms with E-state index in [1.54, 1.807) is 18.2 Å². The molecule has 1 atom stereocenters. The Morgan fingerprint density at radius 3 is 2.43 bits per heavy atom. The van der Waals surface area contributed by atoms with Crippen LogP contribution in [0.5, 0.6) is 0 Å². The molecule has 4 aromatic rings. The highest BCUT2D eigenvalue weighted by Crippen LogP contribution is 2.52. The molecule has 9 heteroatoms. The van der Waals surface area contributed by atoms with Gasteiger partial charge in [0, 0.05) is 11.8 Å². The van der Waals surface area contributed by atoms with E-state index in [1.165, 1.54) is 6.20 Å². The van der Waals surface area contributed by atoms with E-state index in [-0.39, 0.29) is 0 Å². The molecule has 1 unspecified atom stereocenters. The molecule has 0 saturated heterocycles. The van der Waals surface area contributed by atoms with E-state index >= 15 is 0 Å².